The zero-order chi connectivity index (χ0) is 18.5. The SMILES string of the molecule is [O-][N+]12CCC(CC1)C1(C=[N+]=C(Nc3ncc(Br)c(-c4ccccc4)n3)O1)C2. The zero-order valence-electron chi connectivity index (χ0n) is 14.6. The van der Waals surface area contributed by atoms with Crippen LogP contribution in [0.3, 0.4) is 0 Å². The molecule has 1 N–H and O–H groups in total. The molecule has 5 heterocycles. The highest BCUT2D eigenvalue weighted by Gasteiger charge is 2.58. The molecule has 8 heteroatoms. The first-order valence-electron chi connectivity index (χ1n) is 9.09. The smallest absolute Gasteiger partial charge is 0.556 e. The number of fused-ring (bicyclic) bond motifs is 2. The van der Waals surface area contributed by atoms with Crippen molar-refractivity contribution in [3.05, 3.63) is 46.2 Å². The number of hydroxylamine groups is 3. The van der Waals surface area contributed by atoms with Crippen LogP contribution in [0.2, 0.25) is 0 Å². The molecule has 6 rings (SSSR count). The quantitative estimate of drug-likeness (QED) is 0.450. The maximum absolute atomic E-state index is 12.7. The number of hydrogen-bond donors (Lipinski definition) is 1. The number of nitrogens with one attached hydrogen (secondary N) is 1. The first kappa shape index (κ1) is 16.9. The van der Waals surface area contributed by atoms with Gasteiger partial charge in [-0.1, -0.05) is 30.3 Å². The summed E-state index contributed by atoms with van der Waals surface area (Å²) < 4.78 is 11.2. The Morgan fingerprint density at radius 3 is 2.78 bits per heavy atom. The van der Waals surface area contributed by atoms with Gasteiger partial charge < -0.3 is 14.6 Å². The van der Waals surface area contributed by atoms with Crippen molar-refractivity contribution in [2.24, 2.45) is 5.92 Å². The van der Waals surface area contributed by atoms with Gasteiger partial charge in [-0.3, -0.25) is 0 Å². The summed E-state index contributed by atoms with van der Waals surface area (Å²) in [5, 5.41) is 15.8. The Kier molecular flexibility index (Phi) is 3.84. The summed E-state index contributed by atoms with van der Waals surface area (Å²) >= 11 is 3.51. The van der Waals surface area contributed by atoms with Crippen molar-refractivity contribution in [2.45, 2.75) is 18.4 Å². The van der Waals surface area contributed by atoms with Crippen LogP contribution < -0.4 is 9.98 Å². The van der Waals surface area contributed by atoms with Crippen LogP contribution in [-0.2, 0) is 4.74 Å². The van der Waals surface area contributed by atoms with Crippen LogP contribution >= 0.6 is 15.9 Å². The molecule has 1 aromatic carbocycles. The molecule has 1 unspecified atom stereocenters. The minimum atomic E-state index is -0.585. The average molecular weight is 429 g/mol. The van der Waals surface area contributed by atoms with Gasteiger partial charge in [-0.15, -0.1) is 0 Å². The molecular formula is C19H19BrN5O2+. The van der Waals surface area contributed by atoms with E-state index in [2.05, 4.69) is 35.9 Å². The molecule has 3 fully saturated rings. The van der Waals surface area contributed by atoms with Crippen LogP contribution in [0.1, 0.15) is 12.8 Å². The van der Waals surface area contributed by atoms with Crippen molar-refractivity contribution in [3.8, 4) is 11.3 Å². The van der Waals surface area contributed by atoms with Crippen molar-refractivity contribution in [3.63, 3.8) is 0 Å². The minimum absolute atomic E-state index is 0.178. The standard InChI is InChI=1S/C19H18BrN5O2/c20-15-10-21-17(23-16(15)13-4-2-1-3-5-13)24-18-22-11-19(27-18)12-25(26)8-6-14(19)7-9-25/h1-5,10-11,14H,6-9,12H2/p+1. The fraction of sp³-hybridized carbons (Fsp3) is 0.368. The van der Waals surface area contributed by atoms with Crippen molar-refractivity contribution in [1.82, 2.24) is 14.6 Å². The zero-order valence-corrected chi connectivity index (χ0v) is 16.2. The van der Waals surface area contributed by atoms with E-state index in [1.165, 1.54) is 0 Å². The third kappa shape index (κ3) is 2.95. The van der Waals surface area contributed by atoms with Crippen molar-refractivity contribution in [1.29, 1.82) is 0 Å². The van der Waals surface area contributed by atoms with Gasteiger partial charge in [0, 0.05) is 30.5 Å². The van der Waals surface area contributed by atoms with Crippen LogP contribution in [0.5, 0.6) is 0 Å². The van der Waals surface area contributed by atoms with Gasteiger partial charge in [-0.25, -0.2) is 0 Å². The van der Waals surface area contributed by atoms with Crippen LogP contribution in [0.15, 0.2) is 41.0 Å². The number of anilines is 1. The molecule has 2 aromatic rings. The van der Waals surface area contributed by atoms with Gasteiger partial charge in [0.2, 0.25) is 11.8 Å². The molecular weight excluding hydrogens is 410 g/mol. The van der Waals surface area contributed by atoms with Crippen LogP contribution in [0.4, 0.5) is 5.95 Å². The maximum atomic E-state index is 12.7. The molecule has 7 nitrogen and oxygen atoms in total. The number of amidine groups is 1. The molecule has 27 heavy (non-hydrogen) atoms. The lowest BCUT2D eigenvalue weighted by molar-refractivity contribution is -0.903. The lowest BCUT2D eigenvalue weighted by Gasteiger charge is -2.56. The number of nitrogens with zero attached hydrogens (tertiary/aromatic N) is 4. The summed E-state index contributed by atoms with van der Waals surface area (Å²) in [6.07, 6.45) is 5.28. The van der Waals surface area contributed by atoms with E-state index < -0.39 is 5.60 Å². The number of benzene rings is 1. The first-order chi connectivity index (χ1) is 13.1. The summed E-state index contributed by atoms with van der Waals surface area (Å²) in [6.45, 7) is 1.80. The molecule has 0 aliphatic carbocycles. The highest BCUT2D eigenvalue weighted by atomic mass is 79.9. The summed E-state index contributed by atoms with van der Waals surface area (Å²) in [6, 6.07) is 10.2. The van der Waals surface area contributed by atoms with E-state index in [1.54, 1.807) is 12.4 Å². The molecule has 1 atom stereocenters. The van der Waals surface area contributed by atoms with E-state index in [9.17, 15) is 5.21 Å². The normalized spacial score (nSPS) is 31.0. The van der Waals surface area contributed by atoms with Gasteiger partial charge in [0.1, 0.15) is 6.54 Å². The highest BCUT2D eigenvalue weighted by molar-refractivity contribution is 9.10. The second kappa shape index (κ2) is 6.14. The number of halogens is 1. The van der Waals surface area contributed by atoms with E-state index >= 15 is 0 Å². The first-order valence-corrected chi connectivity index (χ1v) is 9.88. The Hall–Kier alpha value is -2.25. The Bertz CT molecular complexity index is 952. The van der Waals surface area contributed by atoms with Crippen LogP contribution in [-0.4, -0.2) is 52.1 Å². The lowest BCUT2D eigenvalue weighted by atomic mass is 9.75. The van der Waals surface area contributed by atoms with Crippen LogP contribution in [0.25, 0.3) is 11.3 Å². The maximum Gasteiger partial charge on any atom is 0.556 e. The molecule has 0 radical (unpaired) electrons. The monoisotopic (exact) mass is 428 g/mol. The van der Waals surface area contributed by atoms with E-state index in [1.807, 2.05) is 30.3 Å². The number of ether oxygens (including phenoxy) is 1. The summed E-state index contributed by atoms with van der Waals surface area (Å²) in [7, 11) is 0. The molecule has 2 bridgehead atoms. The number of quaternary nitrogens is 1. The molecule has 1 spiro atoms. The second-order valence-corrected chi connectivity index (χ2v) is 8.29. The van der Waals surface area contributed by atoms with Gasteiger partial charge in [0.15, 0.2) is 0 Å². The summed E-state index contributed by atoms with van der Waals surface area (Å²) in [5.74, 6) is 0.758. The molecule has 0 amide bonds. The third-order valence-corrected chi connectivity index (χ3v) is 6.27. The fourth-order valence-electron chi connectivity index (χ4n) is 4.31. The van der Waals surface area contributed by atoms with Gasteiger partial charge in [0.05, 0.1) is 23.3 Å². The Morgan fingerprint density at radius 2 is 2.04 bits per heavy atom. The molecule has 0 saturated carbocycles. The Balaban J connectivity index is 1.36. The summed E-state index contributed by atoms with van der Waals surface area (Å²) in [4.78, 5) is 8.91. The number of piperidine rings is 3. The number of aromatic nitrogens is 2. The largest absolute Gasteiger partial charge is 0.633 e. The molecule has 138 valence electrons. The van der Waals surface area contributed by atoms with Gasteiger partial charge >= 0.3 is 12.0 Å². The topological polar surface area (TPSA) is 84.2 Å². The minimum Gasteiger partial charge on any atom is -0.633 e. The predicted octanol–water partition coefficient (Wildman–Crippen LogP) is 2.32. The van der Waals surface area contributed by atoms with Crippen molar-refractivity contribution < 1.29 is 9.38 Å². The highest BCUT2D eigenvalue weighted by Crippen LogP contribution is 2.41. The van der Waals surface area contributed by atoms with Crippen molar-refractivity contribution >= 4 is 34.1 Å². The van der Waals surface area contributed by atoms with E-state index in [0.717, 1.165) is 28.6 Å². The Labute approximate surface area is 165 Å². The van der Waals surface area contributed by atoms with Crippen molar-refractivity contribution in [2.75, 3.05) is 25.0 Å². The van der Waals surface area contributed by atoms with Gasteiger partial charge in [-0.05, 0) is 15.9 Å². The number of rotatable bonds is 2. The average Bonchev–Trinajstić information content (AvgIpc) is 3.06. The fourth-order valence-corrected chi connectivity index (χ4v) is 4.73. The predicted molar refractivity (Wildman–Crippen MR) is 107 cm³/mol. The van der Waals surface area contributed by atoms with Gasteiger partial charge in [-0.2, -0.15) is 20.0 Å². The van der Waals surface area contributed by atoms with E-state index in [-0.39, 0.29) is 4.65 Å². The lowest BCUT2D eigenvalue weighted by Crippen LogP contribution is -2.67. The second-order valence-electron chi connectivity index (χ2n) is 7.44. The third-order valence-electron chi connectivity index (χ3n) is 5.69. The summed E-state index contributed by atoms with van der Waals surface area (Å²) in [5.41, 5.74) is 1.19. The molecule has 4 aliphatic heterocycles. The van der Waals surface area contributed by atoms with Gasteiger partial charge in [0.25, 0.3) is 0 Å². The van der Waals surface area contributed by atoms with Crippen LogP contribution in [0, 0.1) is 11.1 Å². The molecule has 4 aliphatic rings. The van der Waals surface area contributed by atoms with E-state index in [0.29, 0.717) is 37.5 Å². The molecule has 1 aromatic heterocycles. The number of hydrogen-bond acceptors (Lipinski definition) is 5. The molecule has 3 saturated heterocycles. The van der Waals surface area contributed by atoms with E-state index in [4.69, 9.17) is 4.74 Å². The Morgan fingerprint density at radius 1 is 1.26 bits per heavy atom.